The first-order chi connectivity index (χ1) is 8.74. The summed E-state index contributed by atoms with van der Waals surface area (Å²) in [5, 5.41) is 12.3. The molecule has 3 rings (SSSR count). The van der Waals surface area contributed by atoms with E-state index in [4.69, 9.17) is 0 Å². The number of amides is 1. The van der Waals surface area contributed by atoms with Gasteiger partial charge >= 0.3 is 0 Å². The number of benzene rings is 1. The molecule has 0 spiro atoms. The Labute approximate surface area is 107 Å². The lowest BCUT2D eigenvalue weighted by Crippen LogP contribution is -2.42. The highest BCUT2D eigenvalue weighted by molar-refractivity contribution is 5.85. The predicted octanol–water partition coefficient (Wildman–Crippen LogP) is 1.75. The fourth-order valence-electron chi connectivity index (χ4n) is 2.85. The zero-order valence-electron chi connectivity index (χ0n) is 10.5. The van der Waals surface area contributed by atoms with Gasteiger partial charge in [0.1, 0.15) is 0 Å². The number of carbonyl (C=O) groups is 1. The first kappa shape index (κ1) is 11.7. The van der Waals surface area contributed by atoms with Crippen LogP contribution in [0.2, 0.25) is 0 Å². The molecule has 1 fully saturated rings. The van der Waals surface area contributed by atoms with Crippen LogP contribution in [0, 0.1) is 0 Å². The van der Waals surface area contributed by atoms with Crippen LogP contribution in [0.15, 0.2) is 24.3 Å². The van der Waals surface area contributed by atoms with Crippen LogP contribution in [0.5, 0.6) is 0 Å². The van der Waals surface area contributed by atoms with Crippen molar-refractivity contribution < 1.29 is 9.90 Å². The number of hydrogen-bond donors (Lipinski definition) is 2. The highest BCUT2D eigenvalue weighted by atomic mass is 16.3. The van der Waals surface area contributed by atoms with E-state index in [2.05, 4.69) is 17.4 Å². The van der Waals surface area contributed by atoms with Crippen LogP contribution in [0.3, 0.4) is 0 Å². The van der Waals surface area contributed by atoms with E-state index in [0.717, 1.165) is 32.1 Å². The normalized spacial score (nSPS) is 24.2. The number of aryl methyl sites for hydroxylation is 1. The maximum atomic E-state index is 12.4. The summed E-state index contributed by atoms with van der Waals surface area (Å²) in [6.45, 7) is 0.0626. The van der Waals surface area contributed by atoms with Gasteiger partial charge in [0.25, 0.3) is 0 Å². The lowest BCUT2D eigenvalue weighted by atomic mass is 9.82. The van der Waals surface area contributed by atoms with Crippen LogP contribution < -0.4 is 5.32 Å². The largest absolute Gasteiger partial charge is 0.394 e. The van der Waals surface area contributed by atoms with Gasteiger partial charge in [0.05, 0.1) is 18.1 Å². The van der Waals surface area contributed by atoms with Crippen LogP contribution in [-0.4, -0.2) is 23.2 Å². The molecule has 0 bridgehead atoms. The summed E-state index contributed by atoms with van der Waals surface area (Å²) in [6.07, 6.45) is 4.88. The van der Waals surface area contributed by atoms with Gasteiger partial charge in [-0.3, -0.25) is 4.79 Å². The molecule has 0 radical (unpaired) electrons. The van der Waals surface area contributed by atoms with E-state index in [-0.39, 0.29) is 24.0 Å². The maximum absolute atomic E-state index is 12.4. The predicted molar refractivity (Wildman–Crippen MR) is 69.3 cm³/mol. The van der Waals surface area contributed by atoms with E-state index in [0.29, 0.717) is 0 Å². The molecule has 3 heteroatoms. The monoisotopic (exact) mass is 245 g/mol. The fourth-order valence-corrected chi connectivity index (χ4v) is 2.85. The molecule has 18 heavy (non-hydrogen) atoms. The molecule has 3 nitrogen and oxygen atoms in total. The third-order valence-electron chi connectivity index (χ3n) is 4.23. The van der Waals surface area contributed by atoms with Crippen molar-refractivity contribution in [3.63, 3.8) is 0 Å². The van der Waals surface area contributed by atoms with Crippen molar-refractivity contribution in [3.05, 3.63) is 35.4 Å². The Bertz CT molecular complexity index is 465. The first-order valence-corrected chi connectivity index (χ1v) is 6.75. The average molecular weight is 245 g/mol. The second-order valence-corrected chi connectivity index (χ2v) is 5.57. The molecule has 2 N–H and O–H groups in total. The summed E-state index contributed by atoms with van der Waals surface area (Å²) < 4.78 is 0. The Hall–Kier alpha value is -1.35. The molecule has 0 saturated heterocycles. The first-order valence-electron chi connectivity index (χ1n) is 6.75. The minimum absolute atomic E-state index is 0.0287. The molecule has 1 unspecified atom stereocenters. The molecular weight excluding hydrogens is 226 g/mol. The van der Waals surface area contributed by atoms with E-state index in [1.165, 1.54) is 11.1 Å². The molecule has 1 amide bonds. The summed E-state index contributed by atoms with van der Waals surface area (Å²) in [7, 11) is 0. The van der Waals surface area contributed by atoms with Gasteiger partial charge in [-0.1, -0.05) is 24.3 Å². The highest BCUT2D eigenvalue weighted by Gasteiger charge is 2.44. The van der Waals surface area contributed by atoms with Crippen molar-refractivity contribution in [2.45, 2.75) is 43.6 Å². The van der Waals surface area contributed by atoms with Crippen LogP contribution in [0.25, 0.3) is 0 Å². The standard InChI is InChI=1S/C15H19NO2/c17-10-15(8-9-15)16-14(18)13-7-3-5-11-4-1-2-6-12(11)13/h1-2,4,6,13,17H,3,5,7-10H2,(H,16,18). The molecule has 0 heterocycles. The van der Waals surface area contributed by atoms with Crippen molar-refractivity contribution in [3.8, 4) is 0 Å². The molecule has 2 aliphatic carbocycles. The smallest absolute Gasteiger partial charge is 0.228 e. The van der Waals surface area contributed by atoms with Gasteiger partial charge in [-0.05, 0) is 43.2 Å². The Morgan fingerprint density at radius 3 is 2.89 bits per heavy atom. The molecule has 1 saturated carbocycles. The quantitative estimate of drug-likeness (QED) is 0.852. The van der Waals surface area contributed by atoms with Crippen LogP contribution in [-0.2, 0) is 11.2 Å². The Kier molecular flexibility index (Phi) is 2.86. The van der Waals surface area contributed by atoms with Gasteiger partial charge in [-0.15, -0.1) is 0 Å². The maximum Gasteiger partial charge on any atom is 0.228 e. The fraction of sp³-hybridized carbons (Fsp3) is 0.533. The van der Waals surface area contributed by atoms with Gasteiger partial charge in [0.15, 0.2) is 0 Å². The van der Waals surface area contributed by atoms with Crippen LogP contribution >= 0.6 is 0 Å². The molecule has 0 aromatic heterocycles. The third kappa shape index (κ3) is 2.03. The molecule has 1 atom stereocenters. The van der Waals surface area contributed by atoms with E-state index in [1.54, 1.807) is 0 Å². The van der Waals surface area contributed by atoms with Crippen molar-refractivity contribution >= 4 is 5.91 Å². The number of nitrogens with one attached hydrogen (secondary N) is 1. The molecular formula is C15H19NO2. The van der Waals surface area contributed by atoms with Gasteiger partial charge in [0, 0.05) is 0 Å². The molecule has 0 aliphatic heterocycles. The summed E-state index contributed by atoms with van der Waals surface area (Å²) in [6, 6.07) is 8.23. The van der Waals surface area contributed by atoms with Gasteiger partial charge in [0.2, 0.25) is 5.91 Å². The Balaban J connectivity index is 1.79. The van der Waals surface area contributed by atoms with Crippen molar-refractivity contribution in [2.24, 2.45) is 0 Å². The second kappa shape index (κ2) is 4.39. The molecule has 96 valence electrons. The number of rotatable bonds is 3. The molecule has 1 aromatic carbocycles. The van der Waals surface area contributed by atoms with Crippen LogP contribution in [0.1, 0.15) is 42.7 Å². The van der Waals surface area contributed by atoms with E-state index < -0.39 is 0 Å². The average Bonchev–Trinajstić information content (AvgIpc) is 3.18. The van der Waals surface area contributed by atoms with E-state index in [1.807, 2.05) is 12.1 Å². The zero-order valence-corrected chi connectivity index (χ0v) is 10.5. The Morgan fingerprint density at radius 2 is 2.17 bits per heavy atom. The van der Waals surface area contributed by atoms with Gasteiger partial charge in [-0.2, -0.15) is 0 Å². The highest BCUT2D eigenvalue weighted by Crippen LogP contribution is 2.37. The number of aliphatic hydroxyl groups excluding tert-OH is 1. The van der Waals surface area contributed by atoms with Crippen molar-refractivity contribution in [1.82, 2.24) is 5.32 Å². The number of carbonyl (C=O) groups excluding carboxylic acids is 1. The number of fused-ring (bicyclic) bond motifs is 1. The molecule has 1 aromatic rings. The molecule has 2 aliphatic rings. The topological polar surface area (TPSA) is 49.3 Å². The summed E-state index contributed by atoms with van der Waals surface area (Å²) in [5.41, 5.74) is 2.18. The number of aliphatic hydroxyl groups is 1. The van der Waals surface area contributed by atoms with Crippen molar-refractivity contribution in [2.75, 3.05) is 6.61 Å². The zero-order chi connectivity index (χ0) is 12.6. The summed E-state index contributed by atoms with van der Waals surface area (Å²) in [5.74, 6) is 0.0627. The SMILES string of the molecule is O=C(NC1(CO)CC1)C1CCCc2ccccc21. The van der Waals surface area contributed by atoms with E-state index in [9.17, 15) is 9.90 Å². The number of hydrogen-bond acceptors (Lipinski definition) is 2. The summed E-state index contributed by atoms with van der Waals surface area (Å²) in [4.78, 5) is 12.4. The summed E-state index contributed by atoms with van der Waals surface area (Å²) >= 11 is 0. The van der Waals surface area contributed by atoms with Crippen molar-refractivity contribution in [1.29, 1.82) is 0 Å². The third-order valence-corrected chi connectivity index (χ3v) is 4.23. The van der Waals surface area contributed by atoms with Gasteiger partial charge < -0.3 is 10.4 Å². The lowest BCUT2D eigenvalue weighted by molar-refractivity contribution is -0.124. The van der Waals surface area contributed by atoms with E-state index >= 15 is 0 Å². The second-order valence-electron chi connectivity index (χ2n) is 5.57. The lowest BCUT2D eigenvalue weighted by Gasteiger charge is -2.26. The minimum Gasteiger partial charge on any atom is -0.394 e. The minimum atomic E-state index is -0.302. The van der Waals surface area contributed by atoms with Gasteiger partial charge in [-0.25, -0.2) is 0 Å². The van der Waals surface area contributed by atoms with Crippen LogP contribution in [0.4, 0.5) is 0 Å². The Morgan fingerprint density at radius 1 is 1.39 bits per heavy atom.